The van der Waals surface area contributed by atoms with Crippen molar-refractivity contribution in [2.75, 3.05) is 25.6 Å². The van der Waals surface area contributed by atoms with Gasteiger partial charge in [-0.05, 0) is 30.0 Å². The van der Waals surface area contributed by atoms with E-state index in [1.807, 2.05) is 44.2 Å². The molecule has 2 aromatic carbocycles. The molecule has 0 saturated heterocycles. The minimum atomic E-state index is -0.307. The van der Waals surface area contributed by atoms with E-state index in [1.54, 1.807) is 6.20 Å². The molecular formula is C23H25Cl3N4O. The van der Waals surface area contributed by atoms with Gasteiger partial charge >= 0.3 is 0 Å². The third-order valence-corrected chi connectivity index (χ3v) is 7.37. The standard InChI is InChI=1S/C23H25Cl3N4O/c1-13-19(24)18(21(26)23(20(13)25)29(2)3)22(16-9-27-28-10-16)30-11-15-7-5-4-6-14(15)8-17(30)12-31/h4-7,9-10,17,22,31H,8,11-12H2,1-3H3,(H,27,28). The molecule has 0 amide bonds. The SMILES string of the molecule is Cc1c(Cl)c(C(c2cn[nH]c2)N2Cc3ccccc3CC2CO)c(Cl)c(N(C)C)c1Cl. The fourth-order valence-corrected chi connectivity index (χ4v) is 5.70. The van der Waals surface area contributed by atoms with Gasteiger partial charge in [0.15, 0.2) is 0 Å². The lowest BCUT2D eigenvalue weighted by atomic mass is 9.89. The predicted octanol–water partition coefficient (Wildman–Crippen LogP) is 5.25. The minimum Gasteiger partial charge on any atom is -0.395 e. The average molecular weight is 480 g/mol. The summed E-state index contributed by atoms with van der Waals surface area (Å²) in [5.74, 6) is 0. The monoisotopic (exact) mass is 478 g/mol. The lowest BCUT2D eigenvalue weighted by Gasteiger charge is -2.42. The zero-order chi connectivity index (χ0) is 22.3. The summed E-state index contributed by atoms with van der Waals surface area (Å²) >= 11 is 20.5. The number of aliphatic hydroxyl groups is 1. The highest BCUT2D eigenvalue weighted by Crippen LogP contribution is 2.49. The fraction of sp³-hybridized carbons (Fsp3) is 0.348. The van der Waals surface area contributed by atoms with Crippen LogP contribution in [0.2, 0.25) is 15.1 Å². The van der Waals surface area contributed by atoms with Crippen LogP contribution in [0.3, 0.4) is 0 Å². The number of nitrogens with one attached hydrogen (secondary N) is 1. The van der Waals surface area contributed by atoms with Gasteiger partial charge in [-0.1, -0.05) is 59.1 Å². The minimum absolute atomic E-state index is 0.0189. The molecule has 0 bridgehead atoms. The van der Waals surface area contributed by atoms with Gasteiger partial charge in [0.2, 0.25) is 0 Å². The Bertz CT molecular complexity index is 1080. The number of benzene rings is 2. The van der Waals surface area contributed by atoms with Crippen LogP contribution in [-0.4, -0.2) is 46.9 Å². The highest BCUT2D eigenvalue weighted by molar-refractivity contribution is 6.43. The number of halogens is 3. The van der Waals surface area contributed by atoms with E-state index in [4.69, 9.17) is 34.8 Å². The van der Waals surface area contributed by atoms with Crippen LogP contribution < -0.4 is 4.90 Å². The number of anilines is 1. The summed E-state index contributed by atoms with van der Waals surface area (Å²) in [7, 11) is 3.81. The van der Waals surface area contributed by atoms with Gasteiger partial charge in [-0.25, -0.2) is 0 Å². The molecule has 1 aliphatic rings. The lowest BCUT2D eigenvalue weighted by molar-refractivity contribution is 0.0799. The van der Waals surface area contributed by atoms with Crippen molar-refractivity contribution in [3.8, 4) is 0 Å². The van der Waals surface area contributed by atoms with Crippen molar-refractivity contribution in [2.45, 2.75) is 32.0 Å². The molecule has 2 heterocycles. The molecule has 2 N–H and O–H groups in total. The maximum Gasteiger partial charge on any atom is 0.0747 e. The normalized spacial score (nSPS) is 17.5. The van der Waals surface area contributed by atoms with E-state index in [9.17, 15) is 5.11 Å². The summed E-state index contributed by atoms with van der Waals surface area (Å²) in [6.45, 7) is 2.58. The lowest BCUT2D eigenvalue weighted by Crippen LogP contribution is -2.45. The summed E-state index contributed by atoms with van der Waals surface area (Å²) in [4.78, 5) is 4.16. The molecule has 0 aliphatic carbocycles. The number of rotatable bonds is 5. The molecule has 3 aromatic rings. The molecule has 0 radical (unpaired) electrons. The Hall–Kier alpha value is -1.76. The number of hydrogen-bond donors (Lipinski definition) is 2. The molecule has 0 spiro atoms. The molecule has 2 atom stereocenters. The molecule has 1 aliphatic heterocycles. The van der Waals surface area contributed by atoms with Crippen LogP contribution in [0.1, 0.15) is 33.9 Å². The largest absolute Gasteiger partial charge is 0.395 e. The number of H-pyrrole nitrogens is 1. The van der Waals surface area contributed by atoms with E-state index in [0.29, 0.717) is 21.6 Å². The van der Waals surface area contributed by atoms with Gasteiger partial charge in [-0.2, -0.15) is 5.10 Å². The Balaban J connectivity index is 1.94. The Morgan fingerprint density at radius 1 is 1.16 bits per heavy atom. The van der Waals surface area contributed by atoms with Crippen molar-refractivity contribution < 1.29 is 5.11 Å². The molecule has 31 heavy (non-hydrogen) atoms. The number of aliphatic hydroxyl groups excluding tert-OH is 1. The second-order valence-electron chi connectivity index (χ2n) is 8.14. The number of nitrogens with zero attached hydrogens (tertiary/aromatic N) is 3. The van der Waals surface area contributed by atoms with Crippen LogP contribution in [-0.2, 0) is 13.0 Å². The first kappa shape index (κ1) is 22.4. The van der Waals surface area contributed by atoms with Gasteiger partial charge < -0.3 is 10.0 Å². The summed E-state index contributed by atoms with van der Waals surface area (Å²) in [6, 6.07) is 7.93. The van der Waals surface area contributed by atoms with Crippen LogP contribution in [0.5, 0.6) is 0 Å². The van der Waals surface area contributed by atoms with E-state index in [1.165, 1.54) is 11.1 Å². The van der Waals surface area contributed by atoms with E-state index in [0.717, 1.165) is 28.8 Å². The topological polar surface area (TPSA) is 55.4 Å². The Morgan fingerprint density at radius 3 is 2.48 bits per heavy atom. The van der Waals surface area contributed by atoms with Crippen molar-refractivity contribution >= 4 is 40.5 Å². The van der Waals surface area contributed by atoms with Gasteiger partial charge in [-0.15, -0.1) is 0 Å². The zero-order valence-electron chi connectivity index (χ0n) is 17.7. The molecule has 164 valence electrons. The zero-order valence-corrected chi connectivity index (χ0v) is 19.9. The van der Waals surface area contributed by atoms with Crippen LogP contribution in [0, 0.1) is 6.92 Å². The maximum absolute atomic E-state index is 10.3. The molecule has 1 aromatic heterocycles. The van der Waals surface area contributed by atoms with Gasteiger partial charge in [0.25, 0.3) is 0 Å². The summed E-state index contributed by atoms with van der Waals surface area (Å²) in [5, 5.41) is 19.0. The van der Waals surface area contributed by atoms with Crippen molar-refractivity contribution in [1.29, 1.82) is 0 Å². The van der Waals surface area contributed by atoms with Crippen molar-refractivity contribution in [1.82, 2.24) is 15.1 Å². The molecule has 4 rings (SSSR count). The third-order valence-electron chi connectivity index (χ3n) is 6.04. The van der Waals surface area contributed by atoms with E-state index in [2.05, 4.69) is 27.2 Å². The van der Waals surface area contributed by atoms with Gasteiger partial charge in [0.05, 0.1) is 39.6 Å². The molecule has 0 fully saturated rings. The van der Waals surface area contributed by atoms with Crippen molar-refractivity contribution in [3.63, 3.8) is 0 Å². The Kier molecular flexibility index (Phi) is 6.52. The second-order valence-corrected chi connectivity index (χ2v) is 9.27. The molecule has 0 saturated carbocycles. The van der Waals surface area contributed by atoms with Crippen LogP contribution in [0.25, 0.3) is 0 Å². The first-order valence-corrected chi connectivity index (χ1v) is 11.2. The van der Waals surface area contributed by atoms with Crippen LogP contribution in [0.4, 0.5) is 5.69 Å². The van der Waals surface area contributed by atoms with E-state index in [-0.39, 0.29) is 18.7 Å². The quantitative estimate of drug-likeness (QED) is 0.524. The van der Waals surface area contributed by atoms with Gasteiger partial charge in [-0.3, -0.25) is 10.00 Å². The van der Waals surface area contributed by atoms with E-state index >= 15 is 0 Å². The summed E-state index contributed by atoms with van der Waals surface area (Å²) < 4.78 is 0. The summed E-state index contributed by atoms with van der Waals surface area (Å²) in [6.07, 6.45) is 4.38. The molecule has 2 unspecified atom stereocenters. The molecular weight excluding hydrogens is 455 g/mol. The van der Waals surface area contributed by atoms with Crippen molar-refractivity contribution in [3.05, 3.63) is 79.5 Å². The van der Waals surface area contributed by atoms with Gasteiger partial charge in [0.1, 0.15) is 0 Å². The number of aromatic amines is 1. The Morgan fingerprint density at radius 2 is 1.87 bits per heavy atom. The maximum atomic E-state index is 10.3. The van der Waals surface area contributed by atoms with Crippen LogP contribution in [0.15, 0.2) is 36.7 Å². The van der Waals surface area contributed by atoms with Gasteiger partial charge in [0, 0.05) is 44.0 Å². The highest BCUT2D eigenvalue weighted by Gasteiger charge is 2.37. The fourth-order valence-electron chi connectivity index (χ4n) is 4.44. The second kappa shape index (κ2) is 9.00. The first-order valence-electron chi connectivity index (χ1n) is 10.1. The predicted molar refractivity (Wildman–Crippen MR) is 128 cm³/mol. The number of aromatic nitrogens is 2. The summed E-state index contributed by atoms with van der Waals surface area (Å²) in [5.41, 5.74) is 5.68. The van der Waals surface area contributed by atoms with Crippen LogP contribution >= 0.6 is 34.8 Å². The molecule has 8 heteroatoms. The Labute approximate surface area is 197 Å². The van der Waals surface area contributed by atoms with Crippen molar-refractivity contribution in [2.24, 2.45) is 0 Å². The third kappa shape index (κ3) is 3.94. The first-order chi connectivity index (χ1) is 14.8. The smallest absolute Gasteiger partial charge is 0.0747 e. The number of hydrogen-bond acceptors (Lipinski definition) is 4. The average Bonchev–Trinajstić information content (AvgIpc) is 3.28. The molecule has 5 nitrogen and oxygen atoms in total. The highest BCUT2D eigenvalue weighted by atomic mass is 35.5. The van der Waals surface area contributed by atoms with E-state index < -0.39 is 0 Å². The number of fused-ring (bicyclic) bond motifs is 1.